The molecule has 1 aliphatic rings. The van der Waals surface area contributed by atoms with Gasteiger partial charge in [-0.25, -0.2) is 4.79 Å². The number of anilines is 1. The molecule has 6 nitrogen and oxygen atoms in total. The van der Waals surface area contributed by atoms with Crippen molar-refractivity contribution in [3.63, 3.8) is 0 Å². The molecule has 0 radical (unpaired) electrons. The summed E-state index contributed by atoms with van der Waals surface area (Å²) in [4.78, 5) is 39.2. The highest BCUT2D eigenvalue weighted by Crippen LogP contribution is 2.21. The largest absolute Gasteiger partial charge is 0.465 e. The lowest BCUT2D eigenvalue weighted by Crippen LogP contribution is -2.42. The lowest BCUT2D eigenvalue weighted by Gasteiger charge is -2.31. The van der Waals surface area contributed by atoms with Crippen molar-refractivity contribution in [2.24, 2.45) is 5.92 Å². The van der Waals surface area contributed by atoms with E-state index >= 15 is 0 Å². The molecule has 0 aliphatic carbocycles. The number of likely N-dealkylation sites (tertiary alicyclic amines) is 1. The number of methoxy groups -OCH3 is 1. The molecular formula is C20H22N2O4S. The summed E-state index contributed by atoms with van der Waals surface area (Å²) in [6.45, 7) is 1.20. The maximum Gasteiger partial charge on any atom is 0.337 e. The average molecular weight is 386 g/mol. The minimum atomic E-state index is -0.410. The van der Waals surface area contributed by atoms with E-state index in [1.807, 2.05) is 22.4 Å². The van der Waals surface area contributed by atoms with Crippen LogP contribution in [-0.4, -0.2) is 42.9 Å². The van der Waals surface area contributed by atoms with Crippen LogP contribution in [0, 0.1) is 5.92 Å². The Morgan fingerprint density at radius 2 is 1.85 bits per heavy atom. The van der Waals surface area contributed by atoms with E-state index in [0.29, 0.717) is 43.6 Å². The SMILES string of the molecule is COC(=O)c1ccc(NC(=O)C2CCN(C(=O)Cc3cccs3)CC2)cc1. The first-order valence-corrected chi connectivity index (χ1v) is 9.74. The fourth-order valence-corrected chi connectivity index (χ4v) is 3.81. The molecule has 0 bridgehead atoms. The fourth-order valence-electron chi connectivity index (χ4n) is 3.12. The van der Waals surface area contributed by atoms with E-state index in [2.05, 4.69) is 10.1 Å². The first-order valence-electron chi connectivity index (χ1n) is 8.86. The average Bonchev–Trinajstić information content (AvgIpc) is 3.21. The van der Waals surface area contributed by atoms with Crippen molar-refractivity contribution in [2.45, 2.75) is 19.3 Å². The summed E-state index contributed by atoms with van der Waals surface area (Å²) < 4.78 is 4.66. The van der Waals surface area contributed by atoms with Crippen molar-refractivity contribution in [3.8, 4) is 0 Å². The van der Waals surface area contributed by atoms with E-state index in [0.717, 1.165) is 4.88 Å². The zero-order valence-electron chi connectivity index (χ0n) is 15.1. The number of carbonyl (C=O) groups excluding carboxylic acids is 3. The quantitative estimate of drug-likeness (QED) is 0.802. The van der Waals surface area contributed by atoms with Crippen LogP contribution in [0.3, 0.4) is 0 Å². The van der Waals surface area contributed by atoms with Crippen LogP contribution < -0.4 is 5.32 Å². The number of rotatable bonds is 5. The number of amides is 2. The highest BCUT2D eigenvalue weighted by Gasteiger charge is 2.27. The molecule has 7 heteroatoms. The van der Waals surface area contributed by atoms with Gasteiger partial charge < -0.3 is 15.0 Å². The van der Waals surface area contributed by atoms with Crippen molar-refractivity contribution in [1.29, 1.82) is 0 Å². The Labute approximate surface area is 162 Å². The number of thiophene rings is 1. The van der Waals surface area contributed by atoms with Gasteiger partial charge >= 0.3 is 5.97 Å². The van der Waals surface area contributed by atoms with Gasteiger partial charge in [0.05, 0.1) is 19.1 Å². The molecule has 0 unspecified atom stereocenters. The summed E-state index contributed by atoms with van der Waals surface area (Å²) >= 11 is 1.59. The lowest BCUT2D eigenvalue weighted by atomic mass is 9.95. The second-order valence-electron chi connectivity index (χ2n) is 6.47. The zero-order chi connectivity index (χ0) is 19.2. The van der Waals surface area contributed by atoms with E-state index in [1.165, 1.54) is 7.11 Å². The second-order valence-corrected chi connectivity index (χ2v) is 7.50. The molecule has 1 aromatic heterocycles. The van der Waals surface area contributed by atoms with Gasteiger partial charge in [0, 0.05) is 29.6 Å². The Bertz CT molecular complexity index is 794. The third-order valence-electron chi connectivity index (χ3n) is 4.70. The van der Waals surface area contributed by atoms with Crippen LogP contribution in [0.1, 0.15) is 28.1 Å². The normalized spacial score (nSPS) is 14.6. The predicted molar refractivity (Wildman–Crippen MR) is 104 cm³/mol. The number of ether oxygens (including phenoxy) is 1. The minimum Gasteiger partial charge on any atom is -0.465 e. The van der Waals surface area contributed by atoms with E-state index in [9.17, 15) is 14.4 Å². The van der Waals surface area contributed by atoms with Crippen LogP contribution in [0.5, 0.6) is 0 Å². The number of hydrogen-bond acceptors (Lipinski definition) is 5. The molecule has 1 aliphatic heterocycles. The van der Waals surface area contributed by atoms with Gasteiger partial charge in [-0.1, -0.05) is 6.07 Å². The highest BCUT2D eigenvalue weighted by molar-refractivity contribution is 7.10. The predicted octanol–water partition coefficient (Wildman–Crippen LogP) is 2.95. The summed E-state index contributed by atoms with van der Waals surface area (Å²) in [5, 5.41) is 4.85. The van der Waals surface area contributed by atoms with E-state index in [1.54, 1.807) is 35.6 Å². The van der Waals surface area contributed by atoms with Gasteiger partial charge in [-0.2, -0.15) is 0 Å². The number of esters is 1. The molecule has 2 aromatic rings. The van der Waals surface area contributed by atoms with Gasteiger partial charge in [0.25, 0.3) is 0 Å². The monoisotopic (exact) mass is 386 g/mol. The Morgan fingerprint density at radius 3 is 2.44 bits per heavy atom. The minimum absolute atomic E-state index is 0.0498. The smallest absolute Gasteiger partial charge is 0.337 e. The standard InChI is InChI=1S/C20H22N2O4S/c1-26-20(25)15-4-6-16(7-5-15)21-19(24)14-8-10-22(11-9-14)18(23)13-17-3-2-12-27-17/h2-7,12,14H,8-11,13H2,1H3,(H,21,24). The molecule has 0 spiro atoms. The van der Waals surface area contributed by atoms with E-state index in [4.69, 9.17) is 0 Å². The zero-order valence-corrected chi connectivity index (χ0v) is 16.0. The summed E-state index contributed by atoms with van der Waals surface area (Å²) in [7, 11) is 1.33. The highest BCUT2D eigenvalue weighted by atomic mass is 32.1. The fraction of sp³-hybridized carbons (Fsp3) is 0.350. The van der Waals surface area contributed by atoms with Gasteiger partial charge in [-0.3, -0.25) is 9.59 Å². The topological polar surface area (TPSA) is 75.7 Å². The Morgan fingerprint density at radius 1 is 1.15 bits per heavy atom. The van der Waals surface area contributed by atoms with Crippen molar-refractivity contribution >= 4 is 34.8 Å². The first-order chi connectivity index (χ1) is 13.1. The van der Waals surface area contributed by atoms with E-state index in [-0.39, 0.29) is 17.7 Å². The molecule has 27 heavy (non-hydrogen) atoms. The molecule has 1 aromatic carbocycles. The van der Waals surface area contributed by atoms with Crippen molar-refractivity contribution in [3.05, 3.63) is 52.2 Å². The number of nitrogens with one attached hydrogen (secondary N) is 1. The maximum absolute atomic E-state index is 12.5. The summed E-state index contributed by atoms with van der Waals surface area (Å²) in [5.74, 6) is -0.454. The van der Waals surface area contributed by atoms with Crippen LogP contribution >= 0.6 is 11.3 Å². The molecule has 1 saturated heterocycles. The van der Waals surface area contributed by atoms with Crippen LogP contribution in [-0.2, 0) is 20.7 Å². The van der Waals surface area contributed by atoms with Crippen LogP contribution in [0.15, 0.2) is 41.8 Å². The molecule has 2 heterocycles. The molecule has 3 rings (SSSR count). The van der Waals surface area contributed by atoms with Crippen LogP contribution in [0.25, 0.3) is 0 Å². The number of benzene rings is 1. The lowest BCUT2D eigenvalue weighted by molar-refractivity contribution is -0.133. The van der Waals surface area contributed by atoms with Crippen LogP contribution in [0.4, 0.5) is 5.69 Å². The number of carbonyl (C=O) groups is 3. The third-order valence-corrected chi connectivity index (χ3v) is 5.57. The molecule has 2 amide bonds. The first kappa shape index (κ1) is 19.1. The molecule has 0 atom stereocenters. The summed E-state index contributed by atoms with van der Waals surface area (Å²) in [6.07, 6.45) is 1.74. The van der Waals surface area contributed by atoms with Gasteiger partial charge in [0.15, 0.2) is 0 Å². The number of hydrogen-bond donors (Lipinski definition) is 1. The van der Waals surface area contributed by atoms with Crippen LogP contribution in [0.2, 0.25) is 0 Å². The summed E-state index contributed by atoms with van der Waals surface area (Å²) in [6, 6.07) is 10.5. The molecule has 1 N–H and O–H groups in total. The van der Waals surface area contributed by atoms with Gasteiger partial charge in [0.1, 0.15) is 0 Å². The summed E-state index contributed by atoms with van der Waals surface area (Å²) in [5.41, 5.74) is 1.08. The van der Waals surface area contributed by atoms with Gasteiger partial charge in [-0.05, 0) is 48.6 Å². The second kappa shape index (κ2) is 8.81. The van der Waals surface area contributed by atoms with Gasteiger partial charge in [0.2, 0.25) is 11.8 Å². The molecular weight excluding hydrogens is 364 g/mol. The van der Waals surface area contributed by atoms with Crippen molar-refractivity contribution in [1.82, 2.24) is 4.90 Å². The number of piperidine rings is 1. The molecule has 0 saturated carbocycles. The van der Waals surface area contributed by atoms with Gasteiger partial charge in [-0.15, -0.1) is 11.3 Å². The molecule has 1 fully saturated rings. The Kier molecular flexibility index (Phi) is 6.24. The van der Waals surface area contributed by atoms with Crippen molar-refractivity contribution in [2.75, 3.05) is 25.5 Å². The third kappa shape index (κ3) is 4.95. The van der Waals surface area contributed by atoms with Crippen molar-refractivity contribution < 1.29 is 19.1 Å². The Balaban J connectivity index is 1.48. The maximum atomic E-state index is 12.5. The molecule has 142 valence electrons. The number of nitrogens with zero attached hydrogens (tertiary/aromatic N) is 1. The Hall–Kier alpha value is -2.67. The van der Waals surface area contributed by atoms with E-state index < -0.39 is 5.97 Å².